The molecule has 0 radical (unpaired) electrons. The molecular formula is C18H34IN7. The van der Waals surface area contributed by atoms with Gasteiger partial charge in [0.05, 0.1) is 0 Å². The smallest absolute Gasteiger partial charge is 0.192 e. The van der Waals surface area contributed by atoms with Gasteiger partial charge in [-0.3, -0.25) is 4.90 Å². The first kappa shape index (κ1) is 22.9. The van der Waals surface area contributed by atoms with Crippen molar-refractivity contribution in [2.75, 3.05) is 26.2 Å². The number of aliphatic imine (C=N–C) groups is 1. The minimum Gasteiger partial charge on any atom is -0.355 e. The maximum atomic E-state index is 4.66. The summed E-state index contributed by atoms with van der Waals surface area (Å²) in [5.74, 6) is 3.26. The Balaban J connectivity index is 0.00000338. The number of guanidine groups is 1. The van der Waals surface area contributed by atoms with Gasteiger partial charge in [0.1, 0.15) is 12.4 Å². The van der Waals surface area contributed by atoms with Crippen LogP contribution in [0.2, 0.25) is 0 Å². The molecule has 1 aromatic rings. The van der Waals surface area contributed by atoms with Crippen molar-refractivity contribution >= 4 is 29.9 Å². The van der Waals surface area contributed by atoms with E-state index >= 15 is 0 Å². The summed E-state index contributed by atoms with van der Waals surface area (Å²) < 4.78 is 1.97. The Morgan fingerprint density at radius 1 is 1.38 bits per heavy atom. The summed E-state index contributed by atoms with van der Waals surface area (Å²) in [6.07, 6.45) is 4.37. The van der Waals surface area contributed by atoms with E-state index in [4.69, 9.17) is 0 Å². The molecule has 26 heavy (non-hydrogen) atoms. The molecule has 2 heterocycles. The molecule has 2 rings (SSSR count). The minimum absolute atomic E-state index is 0. The topological polar surface area (TPSA) is 70.4 Å². The second-order valence-corrected chi connectivity index (χ2v) is 7.12. The zero-order valence-corrected chi connectivity index (χ0v) is 18.9. The molecule has 1 fully saturated rings. The zero-order valence-electron chi connectivity index (χ0n) is 16.5. The Kier molecular flexibility index (Phi) is 10.1. The maximum absolute atomic E-state index is 4.66. The Hall–Kier alpha value is -1.16. The second kappa shape index (κ2) is 11.5. The number of nitrogens with one attached hydrogen (secondary N) is 2. The van der Waals surface area contributed by atoms with Crippen LogP contribution in [0.1, 0.15) is 38.3 Å². The van der Waals surface area contributed by atoms with Gasteiger partial charge in [0.2, 0.25) is 0 Å². The fourth-order valence-electron chi connectivity index (χ4n) is 3.13. The van der Waals surface area contributed by atoms with Crippen LogP contribution in [0.5, 0.6) is 0 Å². The first-order valence-corrected chi connectivity index (χ1v) is 9.23. The van der Waals surface area contributed by atoms with Crippen molar-refractivity contribution in [2.24, 2.45) is 18.0 Å². The molecule has 1 aromatic heterocycles. The number of aromatic nitrogens is 3. The molecule has 0 spiro atoms. The summed E-state index contributed by atoms with van der Waals surface area (Å²) in [5.41, 5.74) is 0. The Morgan fingerprint density at radius 3 is 2.77 bits per heavy atom. The van der Waals surface area contributed by atoms with Crippen LogP contribution in [0.15, 0.2) is 17.6 Å². The molecule has 1 saturated heterocycles. The molecule has 1 aliphatic rings. The molecule has 0 bridgehead atoms. The molecule has 8 heteroatoms. The monoisotopic (exact) mass is 475 g/mol. The zero-order chi connectivity index (χ0) is 18.2. The van der Waals surface area contributed by atoms with E-state index in [1.807, 2.05) is 24.6 Å². The highest BCUT2D eigenvalue weighted by Crippen LogP contribution is 2.17. The van der Waals surface area contributed by atoms with Crippen molar-refractivity contribution < 1.29 is 0 Å². The van der Waals surface area contributed by atoms with Crippen molar-refractivity contribution in [1.29, 1.82) is 0 Å². The molecule has 2 N–H and O–H groups in total. The summed E-state index contributed by atoms with van der Waals surface area (Å²) in [6, 6.07) is 0.579. The minimum atomic E-state index is 0. The lowest BCUT2D eigenvalue weighted by atomic mass is 10.1. The summed E-state index contributed by atoms with van der Waals surface area (Å²) in [5, 5.41) is 15.0. The normalized spacial score (nSPS) is 18.0. The third-order valence-electron chi connectivity index (χ3n) is 4.58. The first-order valence-electron chi connectivity index (χ1n) is 9.23. The largest absolute Gasteiger partial charge is 0.355 e. The Bertz CT molecular complexity index is 582. The lowest BCUT2D eigenvalue weighted by molar-refractivity contribution is 0.226. The van der Waals surface area contributed by atoms with E-state index in [0.717, 1.165) is 30.7 Å². The maximum Gasteiger partial charge on any atom is 0.192 e. The van der Waals surface area contributed by atoms with E-state index in [1.165, 1.54) is 19.4 Å². The van der Waals surface area contributed by atoms with Gasteiger partial charge in [-0.25, -0.2) is 4.99 Å². The number of aryl methyl sites for hydroxylation is 1. The molecule has 0 unspecified atom stereocenters. The highest BCUT2D eigenvalue weighted by Gasteiger charge is 2.24. The number of rotatable bonds is 8. The van der Waals surface area contributed by atoms with Crippen LogP contribution < -0.4 is 10.6 Å². The number of hydrogen-bond donors (Lipinski definition) is 2. The molecule has 0 aliphatic carbocycles. The molecule has 7 nitrogen and oxygen atoms in total. The SMILES string of the molecule is C=CCNC(=NCc1nnc(C)n1C)NC[C@H]1CCCN1CC(C)C.I. The summed E-state index contributed by atoms with van der Waals surface area (Å²) in [6.45, 7) is 14.7. The molecule has 1 atom stereocenters. The van der Waals surface area contributed by atoms with Crippen LogP contribution >= 0.6 is 24.0 Å². The standard InChI is InChI=1S/C18H33N7.HI/c1-6-9-19-18(21-12-17-23-22-15(4)24(17)5)20-11-16-8-7-10-25(16)13-14(2)3;/h6,14,16H,1,7-13H2,2-5H3,(H2,19,20,21);1H/t16-;/m1./s1. The van der Waals surface area contributed by atoms with E-state index < -0.39 is 0 Å². The number of likely N-dealkylation sites (tertiary alicyclic amines) is 1. The van der Waals surface area contributed by atoms with E-state index in [1.54, 1.807) is 0 Å². The quantitative estimate of drug-likeness (QED) is 0.261. The molecule has 0 saturated carbocycles. The van der Waals surface area contributed by atoms with Crippen LogP contribution in [0.4, 0.5) is 0 Å². The van der Waals surface area contributed by atoms with Crippen LogP contribution in [-0.4, -0.2) is 57.8 Å². The van der Waals surface area contributed by atoms with Crippen LogP contribution in [-0.2, 0) is 13.6 Å². The molecular weight excluding hydrogens is 441 g/mol. The van der Waals surface area contributed by atoms with Gasteiger partial charge in [0.25, 0.3) is 0 Å². The first-order chi connectivity index (χ1) is 12.0. The number of nitrogens with zero attached hydrogens (tertiary/aromatic N) is 5. The van der Waals surface area contributed by atoms with Gasteiger partial charge in [-0.05, 0) is 32.2 Å². The van der Waals surface area contributed by atoms with Crippen LogP contribution in [0.25, 0.3) is 0 Å². The summed E-state index contributed by atoms with van der Waals surface area (Å²) in [4.78, 5) is 7.25. The number of halogens is 1. The second-order valence-electron chi connectivity index (χ2n) is 7.12. The predicted octanol–water partition coefficient (Wildman–Crippen LogP) is 2.08. The van der Waals surface area contributed by atoms with Crippen LogP contribution in [0, 0.1) is 12.8 Å². The van der Waals surface area contributed by atoms with Gasteiger partial charge in [-0.15, -0.1) is 40.8 Å². The molecule has 0 amide bonds. The van der Waals surface area contributed by atoms with Crippen molar-refractivity contribution in [3.8, 4) is 0 Å². The Morgan fingerprint density at radius 2 is 2.15 bits per heavy atom. The fourth-order valence-corrected chi connectivity index (χ4v) is 3.13. The van der Waals surface area contributed by atoms with Gasteiger partial charge < -0.3 is 15.2 Å². The molecule has 148 valence electrons. The van der Waals surface area contributed by atoms with Gasteiger partial charge in [-0.1, -0.05) is 19.9 Å². The highest BCUT2D eigenvalue weighted by atomic mass is 127. The van der Waals surface area contributed by atoms with E-state index in [2.05, 4.69) is 51.1 Å². The lowest BCUT2D eigenvalue weighted by Gasteiger charge is -2.27. The lowest BCUT2D eigenvalue weighted by Crippen LogP contribution is -2.45. The van der Waals surface area contributed by atoms with Crippen LogP contribution in [0.3, 0.4) is 0 Å². The van der Waals surface area contributed by atoms with E-state index in [-0.39, 0.29) is 24.0 Å². The van der Waals surface area contributed by atoms with Crippen molar-refractivity contribution in [1.82, 2.24) is 30.3 Å². The Labute approximate surface area is 174 Å². The third-order valence-corrected chi connectivity index (χ3v) is 4.58. The summed E-state index contributed by atoms with van der Waals surface area (Å²) in [7, 11) is 1.97. The summed E-state index contributed by atoms with van der Waals surface area (Å²) >= 11 is 0. The molecule has 0 aromatic carbocycles. The van der Waals surface area contributed by atoms with E-state index in [9.17, 15) is 0 Å². The average molecular weight is 475 g/mol. The van der Waals surface area contributed by atoms with Crippen molar-refractivity contribution in [3.63, 3.8) is 0 Å². The van der Waals surface area contributed by atoms with Gasteiger partial charge >= 0.3 is 0 Å². The van der Waals surface area contributed by atoms with Gasteiger partial charge in [0, 0.05) is 32.7 Å². The van der Waals surface area contributed by atoms with E-state index in [0.29, 0.717) is 25.0 Å². The highest BCUT2D eigenvalue weighted by molar-refractivity contribution is 14.0. The van der Waals surface area contributed by atoms with Gasteiger partial charge in [-0.2, -0.15) is 0 Å². The van der Waals surface area contributed by atoms with Crippen molar-refractivity contribution in [2.45, 2.75) is 46.2 Å². The van der Waals surface area contributed by atoms with Crippen molar-refractivity contribution in [3.05, 3.63) is 24.3 Å². The van der Waals surface area contributed by atoms with Gasteiger partial charge in [0.15, 0.2) is 11.8 Å². The fraction of sp³-hybridized carbons (Fsp3) is 0.722. The molecule has 1 aliphatic heterocycles. The third kappa shape index (κ3) is 6.86. The predicted molar refractivity (Wildman–Crippen MR) is 118 cm³/mol. The number of hydrogen-bond acceptors (Lipinski definition) is 4. The average Bonchev–Trinajstić information content (AvgIpc) is 3.14.